The first-order chi connectivity index (χ1) is 43.6. The summed E-state index contributed by atoms with van der Waals surface area (Å²) in [5.74, 6) is -1.39. The summed E-state index contributed by atoms with van der Waals surface area (Å²) in [5.41, 5.74) is 0. The molecule has 19 heteroatoms. The number of aliphatic hydroxyl groups is 1. The van der Waals surface area contributed by atoms with Crippen LogP contribution in [-0.4, -0.2) is 96.7 Å². The molecule has 0 bridgehead atoms. The zero-order valence-corrected chi connectivity index (χ0v) is 60.1. The fraction of sp³-hybridized carbons (Fsp3) is 0.944. The van der Waals surface area contributed by atoms with Gasteiger partial charge in [0, 0.05) is 25.7 Å². The fourth-order valence-electron chi connectivity index (χ4n) is 10.8. The maximum absolute atomic E-state index is 13.0. The Morgan fingerprint density at radius 3 is 0.789 bits per heavy atom. The molecule has 0 heterocycles. The zero-order chi connectivity index (χ0) is 66.3. The highest BCUT2D eigenvalue weighted by Gasteiger charge is 2.30. The van der Waals surface area contributed by atoms with E-state index in [4.69, 9.17) is 37.0 Å². The summed E-state index contributed by atoms with van der Waals surface area (Å²) in [4.78, 5) is 72.6. The number of hydrogen-bond donors (Lipinski definition) is 3. The molecule has 0 aliphatic heterocycles. The molecule has 0 aliphatic carbocycles. The van der Waals surface area contributed by atoms with E-state index in [0.717, 1.165) is 102 Å². The van der Waals surface area contributed by atoms with E-state index >= 15 is 0 Å². The van der Waals surface area contributed by atoms with Gasteiger partial charge in [0.05, 0.1) is 26.4 Å². The van der Waals surface area contributed by atoms with Gasteiger partial charge in [-0.2, -0.15) is 0 Å². The molecule has 0 rings (SSSR count). The van der Waals surface area contributed by atoms with Crippen molar-refractivity contribution < 1.29 is 80.2 Å². The quantitative estimate of drug-likeness (QED) is 0.0222. The summed E-state index contributed by atoms with van der Waals surface area (Å²) in [7, 11) is -9.90. The van der Waals surface area contributed by atoms with Crippen molar-refractivity contribution in [1.29, 1.82) is 0 Å². The molecule has 0 amide bonds. The van der Waals surface area contributed by atoms with Crippen LogP contribution in [0.2, 0.25) is 0 Å². The van der Waals surface area contributed by atoms with Gasteiger partial charge in [0.25, 0.3) is 0 Å². The molecule has 0 spiro atoms. The van der Waals surface area contributed by atoms with Crippen molar-refractivity contribution in [3.8, 4) is 0 Å². The third-order valence-corrected chi connectivity index (χ3v) is 18.8. The second-order valence-corrected chi connectivity index (χ2v) is 28.8. The van der Waals surface area contributed by atoms with E-state index in [9.17, 15) is 43.2 Å². The number of rotatable bonds is 71. The molecule has 0 saturated carbocycles. The van der Waals surface area contributed by atoms with Gasteiger partial charge in [-0.25, -0.2) is 9.13 Å². The Bertz CT molecular complexity index is 1740. The highest BCUT2D eigenvalue weighted by Crippen LogP contribution is 2.45. The van der Waals surface area contributed by atoms with E-state index in [1.54, 1.807) is 0 Å². The highest BCUT2D eigenvalue weighted by atomic mass is 31.2. The van der Waals surface area contributed by atoms with E-state index in [-0.39, 0.29) is 25.7 Å². The minimum atomic E-state index is -4.95. The molecule has 0 saturated heterocycles. The Morgan fingerprint density at radius 1 is 0.311 bits per heavy atom. The molecule has 0 radical (unpaired) electrons. The molecule has 0 aliphatic rings. The Kier molecular flexibility index (Phi) is 63.0. The van der Waals surface area contributed by atoms with Gasteiger partial charge in [-0.1, -0.05) is 317 Å². The number of unbranched alkanes of at least 4 members (excludes halogenated alkanes) is 42. The minimum Gasteiger partial charge on any atom is -0.462 e. The SMILES string of the molecule is CCCCCCCCCCCCCCCCCCCC(=O)O[C@H](COC(=O)CCCCCCCCCCCCCC)COP(=O)(O)OC[C@@H](O)COP(=O)(O)OC[C@@H](COC(=O)CCCCCCCCC(C)CC)OC(=O)CCCCCCCCCCCCC. The smallest absolute Gasteiger partial charge is 0.462 e. The molecule has 0 aromatic carbocycles. The van der Waals surface area contributed by atoms with Gasteiger partial charge in [-0.3, -0.25) is 37.3 Å². The van der Waals surface area contributed by atoms with Crippen molar-refractivity contribution in [2.75, 3.05) is 39.6 Å². The summed E-state index contributed by atoms with van der Waals surface area (Å²) in [6, 6.07) is 0. The number of aliphatic hydroxyl groups excluding tert-OH is 1. The molecule has 0 aromatic heterocycles. The minimum absolute atomic E-state index is 0.106. The molecule has 3 unspecified atom stereocenters. The van der Waals surface area contributed by atoms with Crippen LogP contribution < -0.4 is 0 Å². The number of phosphoric acid groups is 2. The number of ether oxygens (including phenoxy) is 4. The molecule has 3 N–H and O–H groups in total. The zero-order valence-electron chi connectivity index (χ0n) is 58.3. The predicted molar refractivity (Wildman–Crippen MR) is 363 cm³/mol. The monoisotopic (exact) mass is 1320 g/mol. The number of esters is 4. The van der Waals surface area contributed by atoms with E-state index in [1.807, 2.05) is 0 Å². The van der Waals surface area contributed by atoms with Crippen molar-refractivity contribution in [3.63, 3.8) is 0 Å². The lowest BCUT2D eigenvalue weighted by atomic mass is 10.00. The van der Waals surface area contributed by atoms with E-state index in [2.05, 4.69) is 34.6 Å². The lowest BCUT2D eigenvalue weighted by molar-refractivity contribution is -0.161. The molecule has 0 fully saturated rings. The van der Waals surface area contributed by atoms with Crippen molar-refractivity contribution in [2.45, 2.75) is 387 Å². The second kappa shape index (κ2) is 64.4. The normalized spacial score (nSPS) is 14.4. The van der Waals surface area contributed by atoms with Gasteiger partial charge in [0.15, 0.2) is 12.2 Å². The first kappa shape index (κ1) is 88.1. The van der Waals surface area contributed by atoms with Gasteiger partial charge in [0.1, 0.15) is 19.3 Å². The third-order valence-electron chi connectivity index (χ3n) is 16.9. The summed E-state index contributed by atoms with van der Waals surface area (Å²) in [5, 5.41) is 10.6. The van der Waals surface area contributed by atoms with Crippen molar-refractivity contribution in [2.24, 2.45) is 5.92 Å². The largest absolute Gasteiger partial charge is 0.472 e. The van der Waals surface area contributed by atoms with Gasteiger partial charge in [0.2, 0.25) is 0 Å². The summed E-state index contributed by atoms with van der Waals surface area (Å²) in [6.07, 6.45) is 51.2. The molecule has 6 atom stereocenters. The van der Waals surface area contributed by atoms with E-state index < -0.39 is 97.5 Å². The Morgan fingerprint density at radius 2 is 0.533 bits per heavy atom. The van der Waals surface area contributed by atoms with E-state index in [0.29, 0.717) is 25.7 Å². The van der Waals surface area contributed by atoms with Crippen LogP contribution in [0.15, 0.2) is 0 Å². The summed E-state index contributed by atoms with van der Waals surface area (Å²) >= 11 is 0. The fourth-order valence-corrected chi connectivity index (χ4v) is 12.4. The molecule has 90 heavy (non-hydrogen) atoms. The first-order valence-electron chi connectivity index (χ1n) is 37.2. The highest BCUT2D eigenvalue weighted by molar-refractivity contribution is 7.47. The molecule has 534 valence electrons. The average molecular weight is 1330 g/mol. The predicted octanol–water partition coefficient (Wildman–Crippen LogP) is 20.5. The Balaban J connectivity index is 5.23. The van der Waals surface area contributed by atoms with Crippen LogP contribution >= 0.6 is 15.6 Å². The number of hydrogen-bond acceptors (Lipinski definition) is 15. The van der Waals surface area contributed by atoms with Crippen LogP contribution in [0.25, 0.3) is 0 Å². The van der Waals surface area contributed by atoms with Gasteiger partial charge < -0.3 is 33.8 Å². The van der Waals surface area contributed by atoms with Crippen LogP contribution in [0.1, 0.15) is 369 Å². The lowest BCUT2D eigenvalue weighted by Gasteiger charge is -2.21. The Labute approximate surface area is 549 Å². The Hall–Kier alpha value is -1.94. The average Bonchev–Trinajstić information content (AvgIpc) is 2.80. The molecule has 0 aromatic rings. The molecular weight excluding hydrogens is 1190 g/mol. The van der Waals surface area contributed by atoms with Gasteiger partial charge in [-0.15, -0.1) is 0 Å². The van der Waals surface area contributed by atoms with E-state index in [1.165, 1.54) is 186 Å². The summed E-state index contributed by atoms with van der Waals surface area (Å²) < 4.78 is 68.3. The van der Waals surface area contributed by atoms with Crippen molar-refractivity contribution in [1.82, 2.24) is 0 Å². The van der Waals surface area contributed by atoms with Gasteiger partial charge >= 0.3 is 39.5 Å². The topological polar surface area (TPSA) is 237 Å². The molecular formula is C71H138O17P2. The standard InChI is InChI=1S/C71H138O17P2/c1-6-10-13-16-19-22-25-27-28-29-30-31-34-37-40-47-52-57-71(76)87-66(60-81-68(73)54-49-44-38-35-33-26-23-20-17-14-11-7-2)62-85-89(77,78)83-58-65(72)59-84-90(79,80)86-63-67(61-82-69(74)55-50-45-42-41-43-48-53-64(5)9-4)88-70(75)56-51-46-39-36-32-24-21-18-15-12-8-3/h64-67,72H,6-63H2,1-5H3,(H,77,78)(H,79,80)/t64?,65-,66-,67-/m1/s1. The molecule has 17 nitrogen and oxygen atoms in total. The van der Waals surface area contributed by atoms with Crippen LogP contribution in [0.4, 0.5) is 0 Å². The van der Waals surface area contributed by atoms with Crippen molar-refractivity contribution in [3.05, 3.63) is 0 Å². The van der Waals surface area contributed by atoms with Crippen molar-refractivity contribution >= 4 is 39.5 Å². The van der Waals surface area contributed by atoms with Crippen LogP contribution in [0.5, 0.6) is 0 Å². The maximum Gasteiger partial charge on any atom is 0.472 e. The lowest BCUT2D eigenvalue weighted by Crippen LogP contribution is -2.30. The second-order valence-electron chi connectivity index (χ2n) is 25.9. The first-order valence-corrected chi connectivity index (χ1v) is 40.2. The maximum atomic E-state index is 13.0. The van der Waals surface area contributed by atoms with Crippen LogP contribution in [0, 0.1) is 5.92 Å². The number of phosphoric ester groups is 2. The number of carbonyl (C=O) groups is 4. The third kappa shape index (κ3) is 63.5. The number of carbonyl (C=O) groups excluding carboxylic acids is 4. The van der Waals surface area contributed by atoms with Crippen LogP contribution in [0.3, 0.4) is 0 Å². The van der Waals surface area contributed by atoms with Crippen LogP contribution in [-0.2, 0) is 65.4 Å². The van der Waals surface area contributed by atoms with Gasteiger partial charge in [-0.05, 0) is 31.6 Å². The summed E-state index contributed by atoms with van der Waals surface area (Å²) in [6.45, 7) is 7.21.